The maximum Gasteiger partial charge on any atom is 0.253 e. The summed E-state index contributed by atoms with van der Waals surface area (Å²) in [5.41, 5.74) is 6.74. The molecule has 4 nitrogen and oxygen atoms in total. The van der Waals surface area contributed by atoms with Gasteiger partial charge in [-0.05, 0) is 25.0 Å². The van der Waals surface area contributed by atoms with E-state index in [1.807, 2.05) is 6.92 Å². The van der Waals surface area contributed by atoms with Gasteiger partial charge in [-0.25, -0.2) is 0 Å². The van der Waals surface area contributed by atoms with Gasteiger partial charge >= 0.3 is 0 Å². The summed E-state index contributed by atoms with van der Waals surface area (Å²) in [4.78, 5) is 12.1. The van der Waals surface area contributed by atoms with Gasteiger partial charge in [-0.3, -0.25) is 4.79 Å². The number of para-hydroxylation sites is 1. The molecular formula is C14H22N2O2. The summed E-state index contributed by atoms with van der Waals surface area (Å²) < 4.78 is 5.10. The van der Waals surface area contributed by atoms with E-state index in [4.69, 9.17) is 10.5 Å². The van der Waals surface area contributed by atoms with Crippen LogP contribution in [0.1, 0.15) is 37.6 Å². The Labute approximate surface area is 109 Å². The molecule has 2 unspecified atom stereocenters. The summed E-state index contributed by atoms with van der Waals surface area (Å²) in [6, 6.07) is 5.33. The standard InChI is InChI=1S/C14H22N2O2/c1-5-9(2)10(3)16-14(17)11-7-6-8-12(18-4)13(11)15/h6-10H,5,15H2,1-4H3,(H,16,17). The van der Waals surface area contributed by atoms with Crippen LogP contribution in [0.3, 0.4) is 0 Å². The number of nitrogens with one attached hydrogen (secondary N) is 1. The molecule has 0 aliphatic carbocycles. The van der Waals surface area contributed by atoms with Gasteiger partial charge in [0.25, 0.3) is 5.91 Å². The van der Waals surface area contributed by atoms with Gasteiger partial charge in [-0.15, -0.1) is 0 Å². The van der Waals surface area contributed by atoms with Gasteiger partial charge < -0.3 is 15.8 Å². The third-order valence-electron chi connectivity index (χ3n) is 3.39. The lowest BCUT2D eigenvalue weighted by Crippen LogP contribution is -2.37. The second-order valence-corrected chi connectivity index (χ2v) is 4.57. The van der Waals surface area contributed by atoms with Gasteiger partial charge in [0.2, 0.25) is 0 Å². The first-order valence-corrected chi connectivity index (χ1v) is 6.24. The highest BCUT2D eigenvalue weighted by Crippen LogP contribution is 2.24. The molecule has 2 atom stereocenters. The van der Waals surface area contributed by atoms with Gasteiger partial charge in [-0.2, -0.15) is 0 Å². The van der Waals surface area contributed by atoms with Crippen molar-refractivity contribution in [2.75, 3.05) is 12.8 Å². The SMILES string of the molecule is CCC(C)C(C)NC(=O)c1cccc(OC)c1N. The Hall–Kier alpha value is -1.71. The van der Waals surface area contributed by atoms with Crippen LogP contribution in [0.15, 0.2) is 18.2 Å². The zero-order chi connectivity index (χ0) is 13.7. The lowest BCUT2D eigenvalue weighted by Gasteiger charge is -2.20. The molecule has 0 heterocycles. The Bertz CT molecular complexity index is 418. The lowest BCUT2D eigenvalue weighted by molar-refractivity contribution is 0.0929. The average molecular weight is 250 g/mol. The Morgan fingerprint density at radius 2 is 2.11 bits per heavy atom. The zero-order valence-corrected chi connectivity index (χ0v) is 11.5. The van der Waals surface area contributed by atoms with Crippen molar-refractivity contribution in [3.8, 4) is 5.75 Å². The van der Waals surface area contributed by atoms with E-state index in [1.54, 1.807) is 18.2 Å². The predicted octanol–water partition coefficient (Wildman–Crippen LogP) is 2.44. The van der Waals surface area contributed by atoms with E-state index in [-0.39, 0.29) is 11.9 Å². The minimum atomic E-state index is -0.154. The first-order chi connectivity index (χ1) is 8.51. The van der Waals surface area contributed by atoms with E-state index in [0.717, 1.165) is 6.42 Å². The fourth-order valence-electron chi connectivity index (χ4n) is 1.70. The first-order valence-electron chi connectivity index (χ1n) is 6.24. The van der Waals surface area contributed by atoms with Crippen LogP contribution in [0.25, 0.3) is 0 Å². The largest absolute Gasteiger partial charge is 0.495 e. The van der Waals surface area contributed by atoms with Crippen molar-refractivity contribution < 1.29 is 9.53 Å². The third-order valence-corrected chi connectivity index (χ3v) is 3.39. The quantitative estimate of drug-likeness (QED) is 0.789. The number of amides is 1. The molecule has 1 aromatic carbocycles. The van der Waals surface area contributed by atoms with Crippen LogP contribution in [-0.4, -0.2) is 19.1 Å². The summed E-state index contributed by atoms with van der Waals surface area (Å²) in [6.07, 6.45) is 1.02. The molecule has 1 aromatic rings. The molecule has 0 saturated heterocycles. The Balaban J connectivity index is 2.85. The van der Waals surface area contributed by atoms with E-state index in [9.17, 15) is 4.79 Å². The second kappa shape index (κ2) is 6.28. The van der Waals surface area contributed by atoms with Crippen LogP contribution in [0.5, 0.6) is 5.75 Å². The van der Waals surface area contributed by atoms with Crippen LogP contribution in [0.2, 0.25) is 0 Å². The molecule has 0 saturated carbocycles. The van der Waals surface area contributed by atoms with E-state index in [0.29, 0.717) is 22.9 Å². The Morgan fingerprint density at radius 1 is 1.44 bits per heavy atom. The summed E-state index contributed by atoms with van der Waals surface area (Å²) in [6.45, 7) is 6.22. The zero-order valence-electron chi connectivity index (χ0n) is 11.5. The summed E-state index contributed by atoms with van der Waals surface area (Å²) in [5.74, 6) is 0.804. The lowest BCUT2D eigenvalue weighted by atomic mass is 10.0. The van der Waals surface area contributed by atoms with E-state index in [1.165, 1.54) is 7.11 Å². The van der Waals surface area contributed by atoms with Crippen molar-refractivity contribution in [1.29, 1.82) is 0 Å². The van der Waals surface area contributed by atoms with Crippen LogP contribution in [0, 0.1) is 5.92 Å². The normalized spacial score (nSPS) is 13.8. The van der Waals surface area contributed by atoms with Crippen molar-refractivity contribution in [1.82, 2.24) is 5.32 Å². The summed E-state index contributed by atoms with van der Waals surface area (Å²) in [5, 5.41) is 2.96. The maximum atomic E-state index is 12.1. The number of nitrogen functional groups attached to an aromatic ring is 1. The average Bonchev–Trinajstić information content (AvgIpc) is 2.37. The smallest absolute Gasteiger partial charge is 0.253 e. The van der Waals surface area contributed by atoms with Crippen LogP contribution in [-0.2, 0) is 0 Å². The number of carbonyl (C=O) groups excluding carboxylic acids is 1. The molecule has 0 fully saturated rings. The molecule has 0 aliphatic heterocycles. The number of nitrogens with two attached hydrogens (primary N) is 1. The summed E-state index contributed by atoms with van der Waals surface area (Å²) in [7, 11) is 1.54. The number of carbonyl (C=O) groups is 1. The minimum absolute atomic E-state index is 0.119. The van der Waals surface area contributed by atoms with Crippen molar-refractivity contribution in [3.05, 3.63) is 23.8 Å². The number of anilines is 1. The Kier molecular flexibility index (Phi) is 5.01. The van der Waals surface area contributed by atoms with Crippen LogP contribution in [0.4, 0.5) is 5.69 Å². The van der Waals surface area contributed by atoms with Gasteiger partial charge in [0.05, 0.1) is 18.4 Å². The van der Waals surface area contributed by atoms with Crippen LogP contribution >= 0.6 is 0 Å². The number of methoxy groups -OCH3 is 1. The molecule has 0 spiro atoms. The number of hydrogen-bond donors (Lipinski definition) is 2. The van der Waals surface area contributed by atoms with E-state index >= 15 is 0 Å². The number of ether oxygens (including phenoxy) is 1. The molecule has 0 bridgehead atoms. The molecule has 18 heavy (non-hydrogen) atoms. The minimum Gasteiger partial charge on any atom is -0.495 e. The van der Waals surface area contributed by atoms with Gasteiger partial charge in [0.1, 0.15) is 5.75 Å². The summed E-state index contributed by atoms with van der Waals surface area (Å²) >= 11 is 0. The third kappa shape index (κ3) is 3.15. The van der Waals surface area contributed by atoms with Crippen molar-refractivity contribution in [3.63, 3.8) is 0 Å². The number of benzene rings is 1. The fraction of sp³-hybridized carbons (Fsp3) is 0.500. The molecular weight excluding hydrogens is 228 g/mol. The molecule has 0 radical (unpaired) electrons. The highest BCUT2D eigenvalue weighted by atomic mass is 16.5. The first kappa shape index (κ1) is 14.4. The van der Waals surface area contributed by atoms with Gasteiger partial charge in [-0.1, -0.05) is 26.3 Å². The monoisotopic (exact) mass is 250 g/mol. The molecule has 0 aliphatic rings. The molecule has 4 heteroatoms. The van der Waals surface area contributed by atoms with Crippen molar-refractivity contribution >= 4 is 11.6 Å². The molecule has 100 valence electrons. The Morgan fingerprint density at radius 3 is 2.67 bits per heavy atom. The second-order valence-electron chi connectivity index (χ2n) is 4.57. The van der Waals surface area contributed by atoms with Crippen LogP contribution < -0.4 is 15.8 Å². The van der Waals surface area contributed by atoms with Gasteiger partial charge in [0, 0.05) is 6.04 Å². The molecule has 1 rings (SSSR count). The molecule has 0 aromatic heterocycles. The topological polar surface area (TPSA) is 64.3 Å². The molecule has 3 N–H and O–H groups in total. The number of rotatable bonds is 5. The highest BCUT2D eigenvalue weighted by Gasteiger charge is 2.17. The fourth-order valence-corrected chi connectivity index (χ4v) is 1.70. The highest BCUT2D eigenvalue weighted by molar-refractivity contribution is 6.00. The van der Waals surface area contributed by atoms with E-state index in [2.05, 4.69) is 19.2 Å². The van der Waals surface area contributed by atoms with Gasteiger partial charge in [0.15, 0.2) is 0 Å². The molecule has 1 amide bonds. The number of hydrogen-bond acceptors (Lipinski definition) is 3. The maximum absolute atomic E-state index is 12.1. The predicted molar refractivity (Wildman–Crippen MR) is 73.8 cm³/mol. The van der Waals surface area contributed by atoms with Crippen molar-refractivity contribution in [2.45, 2.75) is 33.2 Å². The van der Waals surface area contributed by atoms with E-state index < -0.39 is 0 Å². The van der Waals surface area contributed by atoms with Crippen molar-refractivity contribution in [2.24, 2.45) is 5.92 Å².